The van der Waals surface area contributed by atoms with E-state index >= 15 is 0 Å². The lowest BCUT2D eigenvalue weighted by atomic mass is 9.95. The van der Waals surface area contributed by atoms with E-state index in [1.165, 1.54) is 11.0 Å². The fourth-order valence-corrected chi connectivity index (χ4v) is 6.68. The van der Waals surface area contributed by atoms with Gasteiger partial charge in [-0.3, -0.25) is 24.0 Å². The molecule has 0 aromatic heterocycles. The second-order valence-corrected chi connectivity index (χ2v) is 11.1. The lowest BCUT2D eigenvalue weighted by Gasteiger charge is -2.41. The van der Waals surface area contributed by atoms with E-state index < -0.39 is 10.0 Å². The molecule has 0 radical (unpaired) electrons. The number of carbonyl (C=O) groups is 3. The van der Waals surface area contributed by atoms with Crippen molar-refractivity contribution in [2.45, 2.75) is 68.5 Å². The third kappa shape index (κ3) is 4.09. The number of fused-ring (bicyclic) bond motifs is 2. The Kier molecular flexibility index (Phi) is 5.67. The second kappa shape index (κ2) is 8.54. The molecule has 2 unspecified atom stereocenters. The number of likely N-dealkylation sites (tertiary alicyclic amines) is 1. The zero-order valence-corrected chi connectivity index (χ0v) is 19.8. The normalized spacial score (nSPS) is 24.6. The van der Waals surface area contributed by atoms with Crippen molar-refractivity contribution in [2.24, 2.45) is 0 Å². The molecule has 8 nitrogen and oxygen atoms in total. The third-order valence-electron chi connectivity index (χ3n) is 7.08. The Morgan fingerprint density at radius 2 is 1.53 bits per heavy atom. The largest absolute Gasteiger partial charge is 0.333 e. The molecular formula is C25H27N3O5S. The first-order valence-electron chi connectivity index (χ1n) is 11.6. The molecule has 0 spiro atoms. The Hall–Kier alpha value is -3.20. The predicted molar refractivity (Wildman–Crippen MR) is 126 cm³/mol. The number of amides is 3. The van der Waals surface area contributed by atoms with Crippen molar-refractivity contribution in [2.75, 3.05) is 4.72 Å². The Morgan fingerprint density at radius 3 is 2.12 bits per heavy atom. The second-order valence-electron chi connectivity index (χ2n) is 9.38. The first-order chi connectivity index (χ1) is 16.2. The molecule has 3 heterocycles. The van der Waals surface area contributed by atoms with E-state index in [1.807, 2.05) is 17.9 Å². The molecule has 3 saturated heterocycles. The van der Waals surface area contributed by atoms with Crippen molar-refractivity contribution in [3.8, 4) is 0 Å². The van der Waals surface area contributed by atoms with Gasteiger partial charge < -0.3 is 4.90 Å². The van der Waals surface area contributed by atoms with Gasteiger partial charge in [0.15, 0.2) is 0 Å². The van der Waals surface area contributed by atoms with Crippen molar-refractivity contribution >= 4 is 33.4 Å². The van der Waals surface area contributed by atoms with Gasteiger partial charge in [-0.1, -0.05) is 12.1 Å². The van der Waals surface area contributed by atoms with Gasteiger partial charge in [0.25, 0.3) is 15.9 Å². The van der Waals surface area contributed by atoms with Crippen LogP contribution in [0, 0.1) is 6.92 Å². The molecule has 0 aliphatic carbocycles. The maximum atomic E-state index is 13.3. The van der Waals surface area contributed by atoms with Crippen molar-refractivity contribution < 1.29 is 22.8 Å². The number of aryl methyl sites for hydroxylation is 1. The van der Waals surface area contributed by atoms with E-state index in [1.54, 1.807) is 36.4 Å². The van der Waals surface area contributed by atoms with Crippen LogP contribution in [0.2, 0.25) is 0 Å². The van der Waals surface area contributed by atoms with Gasteiger partial charge in [-0.15, -0.1) is 0 Å². The van der Waals surface area contributed by atoms with Gasteiger partial charge in [-0.2, -0.15) is 0 Å². The topological polar surface area (TPSA) is 104 Å². The average molecular weight is 482 g/mol. The van der Waals surface area contributed by atoms with E-state index in [0.717, 1.165) is 18.4 Å². The van der Waals surface area contributed by atoms with Crippen LogP contribution in [-0.2, 0) is 19.6 Å². The fourth-order valence-electron chi connectivity index (χ4n) is 5.52. The van der Waals surface area contributed by atoms with Gasteiger partial charge >= 0.3 is 0 Å². The van der Waals surface area contributed by atoms with Crippen LogP contribution >= 0.6 is 0 Å². The number of piperidine rings is 1. The maximum absolute atomic E-state index is 13.3. The Balaban J connectivity index is 1.28. The molecule has 9 heteroatoms. The molecule has 2 aromatic rings. The number of hydrogen-bond acceptors (Lipinski definition) is 5. The zero-order valence-electron chi connectivity index (χ0n) is 18.9. The van der Waals surface area contributed by atoms with Crippen LogP contribution in [-0.4, -0.2) is 54.1 Å². The minimum absolute atomic E-state index is 0.00282. The van der Waals surface area contributed by atoms with E-state index in [2.05, 4.69) is 4.72 Å². The van der Waals surface area contributed by atoms with Gasteiger partial charge in [0.2, 0.25) is 11.8 Å². The minimum Gasteiger partial charge on any atom is -0.333 e. The van der Waals surface area contributed by atoms with E-state index in [4.69, 9.17) is 0 Å². The molecule has 3 amide bonds. The van der Waals surface area contributed by atoms with Crippen LogP contribution in [0.1, 0.15) is 54.4 Å². The van der Waals surface area contributed by atoms with Crippen LogP contribution in [0.15, 0.2) is 53.4 Å². The summed E-state index contributed by atoms with van der Waals surface area (Å²) in [5.74, 6) is -0.297. The predicted octanol–water partition coefficient (Wildman–Crippen LogP) is 3.08. The number of rotatable bonds is 5. The molecule has 34 heavy (non-hydrogen) atoms. The molecule has 2 aromatic carbocycles. The smallest absolute Gasteiger partial charge is 0.261 e. The number of hydrogen-bond donors (Lipinski definition) is 1. The number of benzene rings is 2. The van der Waals surface area contributed by atoms with Crippen LogP contribution in [0.3, 0.4) is 0 Å². The summed E-state index contributed by atoms with van der Waals surface area (Å²) in [5, 5.41) is 0. The first-order valence-corrected chi connectivity index (χ1v) is 13.1. The van der Waals surface area contributed by atoms with Gasteiger partial charge in [0, 0.05) is 42.2 Å². The highest BCUT2D eigenvalue weighted by Gasteiger charge is 2.47. The van der Waals surface area contributed by atoms with Crippen LogP contribution in [0.25, 0.3) is 0 Å². The summed E-state index contributed by atoms with van der Waals surface area (Å²) in [6, 6.07) is 13.0. The van der Waals surface area contributed by atoms with E-state index in [-0.39, 0.29) is 53.6 Å². The van der Waals surface area contributed by atoms with Crippen molar-refractivity contribution in [3.05, 3.63) is 59.7 Å². The number of sulfonamides is 1. The zero-order chi connectivity index (χ0) is 24.0. The third-order valence-corrected chi connectivity index (χ3v) is 8.46. The number of anilines is 1. The maximum Gasteiger partial charge on any atom is 0.261 e. The van der Waals surface area contributed by atoms with Crippen molar-refractivity contribution in [1.82, 2.24) is 9.80 Å². The van der Waals surface area contributed by atoms with Gasteiger partial charge in [-0.25, -0.2) is 8.42 Å². The van der Waals surface area contributed by atoms with Crippen molar-refractivity contribution in [1.29, 1.82) is 0 Å². The molecule has 3 aliphatic heterocycles. The lowest BCUT2D eigenvalue weighted by molar-refractivity contribution is -0.142. The Labute approximate surface area is 199 Å². The number of imide groups is 1. The van der Waals surface area contributed by atoms with Gasteiger partial charge in [0.05, 0.1) is 4.90 Å². The van der Waals surface area contributed by atoms with E-state index in [0.29, 0.717) is 24.1 Å². The van der Waals surface area contributed by atoms with Gasteiger partial charge in [0.1, 0.15) is 0 Å². The SMILES string of the molecule is Cc1cccc(S(=O)(=O)Nc2ccc(C(=O)N3C4CCC3CC(N3C(=O)CCC3=O)C4)cc2)c1. The van der Waals surface area contributed by atoms with E-state index in [9.17, 15) is 22.8 Å². The number of carbonyl (C=O) groups excluding carboxylic acids is 3. The summed E-state index contributed by atoms with van der Waals surface area (Å²) in [5.41, 5.74) is 1.72. The Morgan fingerprint density at radius 1 is 0.912 bits per heavy atom. The summed E-state index contributed by atoms with van der Waals surface area (Å²) in [6.07, 6.45) is 3.53. The molecule has 0 saturated carbocycles. The fraction of sp³-hybridized carbons (Fsp3) is 0.400. The highest BCUT2D eigenvalue weighted by molar-refractivity contribution is 7.92. The Bertz CT molecular complexity index is 1230. The molecule has 1 N–H and O–H groups in total. The molecule has 2 bridgehead atoms. The lowest BCUT2D eigenvalue weighted by Crippen LogP contribution is -2.53. The summed E-state index contributed by atoms with van der Waals surface area (Å²) in [4.78, 5) is 41.2. The minimum atomic E-state index is -3.73. The average Bonchev–Trinajstić information content (AvgIpc) is 3.28. The molecule has 2 atom stereocenters. The standard InChI is InChI=1S/C25H27N3O5S/c1-16-3-2-4-22(13-16)34(32,33)26-18-7-5-17(6-8-18)25(31)27-19-9-10-20(27)15-21(14-19)28-23(29)11-12-24(28)30/h2-8,13,19-21,26H,9-12,14-15H2,1H3. The first kappa shape index (κ1) is 22.6. The van der Waals surface area contributed by atoms with Crippen LogP contribution in [0.5, 0.6) is 0 Å². The monoisotopic (exact) mass is 481 g/mol. The molecule has 3 fully saturated rings. The summed E-state index contributed by atoms with van der Waals surface area (Å²) in [6.45, 7) is 1.83. The molecular weight excluding hydrogens is 454 g/mol. The van der Waals surface area contributed by atoms with Gasteiger partial charge in [-0.05, 0) is 74.6 Å². The van der Waals surface area contributed by atoms with Crippen LogP contribution in [0.4, 0.5) is 5.69 Å². The van der Waals surface area contributed by atoms with Crippen molar-refractivity contribution in [3.63, 3.8) is 0 Å². The highest BCUT2D eigenvalue weighted by Crippen LogP contribution is 2.39. The molecule has 3 aliphatic rings. The molecule has 5 rings (SSSR count). The highest BCUT2D eigenvalue weighted by atomic mass is 32.2. The van der Waals surface area contributed by atoms with Crippen LogP contribution < -0.4 is 4.72 Å². The summed E-state index contributed by atoms with van der Waals surface area (Å²) < 4.78 is 27.9. The number of nitrogens with one attached hydrogen (secondary N) is 1. The number of nitrogens with zero attached hydrogens (tertiary/aromatic N) is 2. The quantitative estimate of drug-likeness (QED) is 0.661. The summed E-state index contributed by atoms with van der Waals surface area (Å²) in [7, 11) is -3.73. The molecule has 178 valence electrons. The summed E-state index contributed by atoms with van der Waals surface area (Å²) >= 11 is 0.